The van der Waals surface area contributed by atoms with E-state index in [4.69, 9.17) is 0 Å². The molecule has 2 unspecified atom stereocenters. The fourth-order valence-electron chi connectivity index (χ4n) is 2.77. The molecule has 0 aromatic heterocycles. The Bertz CT molecular complexity index is 191. The second-order valence-electron chi connectivity index (χ2n) is 6.03. The van der Waals surface area contributed by atoms with Crippen molar-refractivity contribution in [3.05, 3.63) is 0 Å². The van der Waals surface area contributed by atoms with E-state index in [9.17, 15) is 0 Å². The lowest BCUT2D eigenvalue weighted by Gasteiger charge is -2.25. The van der Waals surface area contributed by atoms with Crippen molar-refractivity contribution in [2.75, 3.05) is 26.2 Å². The molecule has 0 amide bonds. The Balaban J connectivity index is 2.10. The van der Waals surface area contributed by atoms with Gasteiger partial charge in [0.1, 0.15) is 0 Å². The van der Waals surface area contributed by atoms with Crippen molar-refractivity contribution in [2.45, 2.75) is 59.4 Å². The number of hydrogen-bond acceptors (Lipinski definition) is 2. The van der Waals surface area contributed by atoms with Gasteiger partial charge >= 0.3 is 0 Å². The molecule has 1 aliphatic heterocycles. The van der Waals surface area contributed by atoms with Gasteiger partial charge in [0, 0.05) is 12.6 Å². The molecule has 1 rings (SSSR count). The van der Waals surface area contributed by atoms with Crippen LogP contribution < -0.4 is 5.32 Å². The zero-order valence-electron chi connectivity index (χ0n) is 12.3. The SMILES string of the molecule is CCCNCCCC(C)N1CCC(C(C)C)C1. The highest BCUT2D eigenvalue weighted by Gasteiger charge is 2.27. The number of nitrogens with zero attached hydrogens (tertiary/aromatic N) is 1. The molecule has 1 fully saturated rings. The fourth-order valence-corrected chi connectivity index (χ4v) is 2.77. The Morgan fingerprint density at radius 3 is 2.59 bits per heavy atom. The molecule has 1 aliphatic rings. The van der Waals surface area contributed by atoms with E-state index in [1.54, 1.807) is 0 Å². The van der Waals surface area contributed by atoms with Gasteiger partial charge in [0.05, 0.1) is 0 Å². The maximum atomic E-state index is 3.49. The van der Waals surface area contributed by atoms with E-state index >= 15 is 0 Å². The Hall–Kier alpha value is -0.0800. The van der Waals surface area contributed by atoms with Crippen LogP contribution in [0.15, 0.2) is 0 Å². The number of likely N-dealkylation sites (tertiary alicyclic amines) is 1. The molecule has 17 heavy (non-hydrogen) atoms. The van der Waals surface area contributed by atoms with Crippen molar-refractivity contribution in [3.8, 4) is 0 Å². The maximum absolute atomic E-state index is 3.49. The number of hydrogen-bond donors (Lipinski definition) is 1. The Kier molecular flexibility index (Phi) is 7.14. The summed E-state index contributed by atoms with van der Waals surface area (Å²) >= 11 is 0. The molecule has 0 aromatic carbocycles. The van der Waals surface area contributed by atoms with Crippen molar-refractivity contribution in [3.63, 3.8) is 0 Å². The van der Waals surface area contributed by atoms with Crippen LogP contribution in [0.5, 0.6) is 0 Å². The van der Waals surface area contributed by atoms with E-state index in [2.05, 4.69) is 37.9 Å². The molecule has 0 aromatic rings. The molecule has 0 radical (unpaired) electrons. The monoisotopic (exact) mass is 240 g/mol. The molecule has 1 N–H and O–H groups in total. The van der Waals surface area contributed by atoms with Crippen LogP contribution >= 0.6 is 0 Å². The van der Waals surface area contributed by atoms with Crippen LogP contribution in [0.4, 0.5) is 0 Å². The van der Waals surface area contributed by atoms with Gasteiger partial charge < -0.3 is 10.2 Å². The third-order valence-corrected chi connectivity index (χ3v) is 4.22. The third-order valence-electron chi connectivity index (χ3n) is 4.22. The summed E-state index contributed by atoms with van der Waals surface area (Å²) in [5.74, 6) is 1.80. The van der Waals surface area contributed by atoms with Crippen LogP contribution in [-0.4, -0.2) is 37.1 Å². The van der Waals surface area contributed by atoms with Crippen LogP contribution in [0.1, 0.15) is 53.4 Å². The van der Waals surface area contributed by atoms with Crippen LogP contribution in [0.3, 0.4) is 0 Å². The minimum atomic E-state index is 0.780. The number of nitrogens with one attached hydrogen (secondary N) is 1. The second kappa shape index (κ2) is 8.10. The molecular formula is C15H32N2. The normalized spacial score (nSPS) is 23.5. The van der Waals surface area contributed by atoms with Gasteiger partial charge in [-0.2, -0.15) is 0 Å². The van der Waals surface area contributed by atoms with Gasteiger partial charge in [-0.05, 0) is 64.1 Å². The first-order chi connectivity index (χ1) is 8.15. The maximum Gasteiger partial charge on any atom is 0.00675 e. The zero-order chi connectivity index (χ0) is 12.7. The summed E-state index contributed by atoms with van der Waals surface area (Å²) in [5.41, 5.74) is 0. The lowest BCUT2D eigenvalue weighted by Crippen LogP contribution is -2.32. The quantitative estimate of drug-likeness (QED) is 0.656. The highest BCUT2D eigenvalue weighted by atomic mass is 15.2. The average molecular weight is 240 g/mol. The van der Waals surface area contributed by atoms with Gasteiger partial charge in [-0.25, -0.2) is 0 Å². The zero-order valence-corrected chi connectivity index (χ0v) is 12.3. The summed E-state index contributed by atoms with van der Waals surface area (Å²) in [6.45, 7) is 14.4. The average Bonchev–Trinajstić information content (AvgIpc) is 2.78. The van der Waals surface area contributed by atoms with E-state index < -0.39 is 0 Å². The molecule has 0 bridgehead atoms. The first-order valence-electron chi connectivity index (χ1n) is 7.59. The Labute approximate surface area is 108 Å². The van der Waals surface area contributed by atoms with Crippen LogP contribution in [0.2, 0.25) is 0 Å². The highest BCUT2D eigenvalue weighted by molar-refractivity contribution is 4.81. The summed E-state index contributed by atoms with van der Waals surface area (Å²) in [6.07, 6.45) is 5.33. The molecule has 1 heterocycles. The van der Waals surface area contributed by atoms with Crippen molar-refractivity contribution in [2.24, 2.45) is 11.8 Å². The molecule has 0 aliphatic carbocycles. The lowest BCUT2D eigenvalue weighted by atomic mass is 9.95. The van der Waals surface area contributed by atoms with Crippen molar-refractivity contribution in [1.29, 1.82) is 0 Å². The van der Waals surface area contributed by atoms with E-state index in [0.717, 1.165) is 17.9 Å². The Morgan fingerprint density at radius 1 is 1.24 bits per heavy atom. The predicted molar refractivity (Wildman–Crippen MR) is 76.4 cm³/mol. The largest absolute Gasteiger partial charge is 0.317 e. The van der Waals surface area contributed by atoms with Gasteiger partial charge in [-0.15, -0.1) is 0 Å². The van der Waals surface area contributed by atoms with Gasteiger partial charge in [0.2, 0.25) is 0 Å². The topological polar surface area (TPSA) is 15.3 Å². The second-order valence-corrected chi connectivity index (χ2v) is 6.03. The molecule has 0 spiro atoms. The predicted octanol–water partition coefficient (Wildman–Crippen LogP) is 3.13. The molecule has 1 saturated heterocycles. The number of rotatable bonds is 8. The fraction of sp³-hybridized carbons (Fsp3) is 1.00. The summed E-state index contributed by atoms with van der Waals surface area (Å²) in [5, 5.41) is 3.49. The van der Waals surface area contributed by atoms with E-state index in [0.29, 0.717) is 0 Å². The summed E-state index contributed by atoms with van der Waals surface area (Å²) in [7, 11) is 0. The summed E-state index contributed by atoms with van der Waals surface area (Å²) in [4.78, 5) is 2.70. The molecule has 102 valence electrons. The lowest BCUT2D eigenvalue weighted by molar-refractivity contribution is 0.226. The smallest absolute Gasteiger partial charge is 0.00675 e. The van der Waals surface area contributed by atoms with E-state index in [1.165, 1.54) is 51.9 Å². The van der Waals surface area contributed by atoms with Crippen molar-refractivity contribution in [1.82, 2.24) is 10.2 Å². The van der Waals surface area contributed by atoms with Gasteiger partial charge in [-0.3, -0.25) is 0 Å². The molecule has 2 heteroatoms. The van der Waals surface area contributed by atoms with Crippen molar-refractivity contribution < 1.29 is 0 Å². The van der Waals surface area contributed by atoms with Crippen LogP contribution in [-0.2, 0) is 0 Å². The van der Waals surface area contributed by atoms with E-state index in [1.807, 2.05) is 0 Å². The van der Waals surface area contributed by atoms with Crippen LogP contribution in [0.25, 0.3) is 0 Å². The first kappa shape index (κ1) is 15.0. The van der Waals surface area contributed by atoms with Crippen LogP contribution in [0, 0.1) is 11.8 Å². The van der Waals surface area contributed by atoms with E-state index in [-0.39, 0.29) is 0 Å². The standard InChI is InChI=1S/C15H32N2/c1-5-9-16-10-6-7-14(4)17-11-8-15(12-17)13(2)3/h13-16H,5-12H2,1-4H3. The van der Waals surface area contributed by atoms with Gasteiger partial charge in [0.25, 0.3) is 0 Å². The summed E-state index contributed by atoms with van der Waals surface area (Å²) < 4.78 is 0. The molecule has 0 saturated carbocycles. The van der Waals surface area contributed by atoms with Gasteiger partial charge in [-0.1, -0.05) is 20.8 Å². The minimum Gasteiger partial charge on any atom is -0.317 e. The molecule has 2 nitrogen and oxygen atoms in total. The Morgan fingerprint density at radius 2 is 2.00 bits per heavy atom. The van der Waals surface area contributed by atoms with Crippen molar-refractivity contribution >= 4 is 0 Å². The molecular weight excluding hydrogens is 208 g/mol. The highest BCUT2D eigenvalue weighted by Crippen LogP contribution is 2.25. The first-order valence-corrected chi connectivity index (χ1v) is 7.59. The third kappa shape index (κ3) is 5.39. The molecule has 2 atom stereocenters. The minimum absolute atomic E-state index is 0.780. The van der Waals surface area contributed by atoms with Gasteiger partial charge in [0.15, 0.2) is 0 Å². The summed E-state index contributed by atoms with van der Waals surface area (Å²) in [6, 6.07) is 0.780.